The molecule has 2 N–H and O–H groups in total. The summed E-state index contributed by atoms with van der Waals surface area (Å²) in [6.45, 7) is 7.84. The minimum Gasteiger partial charge on any atom is -0.354 e. The summed E-state index contributed by atoms with van der Waals surface area (Å²) in [5.41, 5.74) is -0.830. The maximum Gasteiger partial charge on any atom is 0.245 e. The lowest BCUT2D eigenvalue weighted by Crippen LogP contribution is -2.54. The van der Waals surface area contributed by atoms with Crippen molar-refractivity contribution in [2.75, 3.05) is 6.54 Å². The van der Waals surface area contributed by atoms with Gasteiger partial charge in [0.15, 0.2) is 0 Å². The molecule has 0 aliphatic heterocycles. The summed E-state index contributed by atoms with van der Waals surface area (Å²) >= 11 is 0. The molecule has 0 radical (unpaired) electrons. The predicted octanol–water partition coefficient (Wildman–Crippen LogP) is 4.72. The molecule has 0 rings (SSSR count). The van der Waals surface area contributed by atoms with Crippen LogP contribution in [0.1, 0.15) is 105 Å². The fourth-order valence-corrected chi connectivity index (χ4v) is 2.89. The summed E-state index contributed by atoms with van der Waals surface area (Å²) in [4.78, 5) is 23.0. The first-order valence-electron chi connectivity index (χ1n) is 9.97. The largest absolute Gasteiger partial charge is 0.354 e. The van der Waals surface area contributed by atoms with Crippen molar-refractivity contribution in [2.45, 2.75) is 110 Å². The van der Waals surface area contributed by atoms with Gasteiger partial charge in [0.1, 0.15) is 5.54 Å². The summed E-state index contributed by atoms with van der Waals surface area (Å²) < 4.78 is 0. The van der Waals surface area contributed by atoms with E-state index in [4.69, 9.17) is 0 Å². The first-order valence-corrected chi connectivity index (χ1v) is 9.97. The maximum atomic E-state index is 12.0. The van der Waals surface area contributed by atoms with Crippen LogP contribution >= 0.6 is 0 Å². The van der Waals surface area contributed by atoms with E-state index < -0.39 is 5.54 Å². The molecule has 24 heavy (non-hydrogen) atoms. The van der Waals surface area contributed by atoms with Gasteiger partial charge in [-0.15, -0.1) is 0 Å². The van der Waals surface area contributed by atoms with Gasteiger partial charge in [-0.05, 0) is 20.3 Å². The Bertz CT molecular complexity index is 341. The van der Waals surface area contributed by atoms with Gasteiger partial charge in [0.05, 0.1) is 0 Å². The van der Waals surface area contributed by atoms with Gasteiger partial charge in [-0.1, -0.05) is 77.6 Å². The second-order valence-electron chi connectivity index (χ2n) is 7.45. The van der Waals surface area contributed by atoms with E-state index in [-0.39, 0.29) is 11.8 Å². The van der Waals surface area contributed by atoms with Gasteiger partial charge in [-0.2, -0.15) is 0 Å². The third-order valence-electron chi connectivity index (χ3n) is 4.37. The van der Waals surface area contributed by atoms with Crippen molar-refractivity contribution in [3.63, 3.8) is 0 Å². The first-order chi connectivity index (χ1) is 11.4. The van der Waals surface area contributed by atoms with E-state index in [1.54, 1.807) is 13.8 Å². The highest BCUT2D eigenvalue weighted by atomic mass is 16.2. The van der Waals surface area contributed by atoms with Crippen molar-refractivity contribution in [2.24, 2.45) is 0 Å². The van der Waals surface area contributed by atoms with Crippen molar-refractivity contribution < 1.29 is 9.59 Å². The summed E-state index contributed by atoms with van der Waals surface area (Å²) in [5.74, 6) is -0.290. The molecule has 4 heteroatoms. The summed E-state index contributed by atoms with van der Waals surface area (Å²) in [6.07, 6.45) is 15.8. The topological polar surface area (TPSA) is 58.2 Å². The fraction of sp³-hybridized carbons (Fsp3) is 0.900. The van der Waals surface area contributed by atoms with E-state index in [1.165, 1.54) is 71.1 Å². The third-order valence-corrected chi connectivity index (χ3v) is 4.37. The molecule has 0 spiro atoms. The summed E-state index contributed by atoms with van der Waals surface area (Å²) in [6, 6.07) is 0. The molecule has 0 aromatic heterocycles. The van der Waals surface area contributed by atoms with Crippen LogP contribution in [0.5, 0.6) is 0 Å². The number of carbonyl (C=O) groups is 2. The number of rotatable bonds is 15. The third kappa shape index (κ3) is 13.4. The van der Waals surface area contributed by atoms with Crippen LogP contribution in [0.4, 0.5) is 0 Å². The van der Waals surface area contributed by atoms with E-state index >= 15 is 0 Å². The van der Waals surface area contributed by atoms with E-state index in [9.17, 15) is 9.59 Å². The van der Waals surface area contributed by atoms with Crippen molar-refractivity contribution >= 4 is 11.8 Å². The van der Waals surface area contributed by atoms with Crippen LogP contribution in [0, 0.1) is 0 Å². The average molecular weight is 341 g/mol. The molecule has 0 aliphatic rings. The molecule has 0 aromatic rings. The number of hydrogen-bond donors (Lipinski definition) is 2. The Kier molecular flexibility index (Phi) is 13.7. The van der Waals surface area contributed by atoms with Crippen LogP contribution in [-0.4, -0.2) is 23.9 Å². The molecule has 0 atom stereocenters. The molecule has 0 bridgehead atoms. The van der Waals surface area contributed by atoms with Crippen LogP contribution in [0.3, 0.4) is 0 Å². The quantitative estimate of drug-likeness (QED) is 0.424. The number of hydrogen-bond acceptors (Lipinski definition) is 2. The SMILES string of the molecule is CCCCCCCCCCCCCCNC(=O)C(C)(C)NC(C)=O. The van der Waals surface area contributed by atoms with Gasteiger partial charge in [0, 0.05) is 13.5 Å². The minimum atomic E-state index is -0.830. The standard InChI is InChI=1S/C20H40N2O2/c1-5-6-7-8-9-10-11-12-13-14-15-16-17-21-19(24)20(3,4)22-18(2)23/h5-17H2,1-4H3,(H,21,24)(H,22,23). The lowest BCUT2D eigenvalue weighted by Gasteiger charge is -2.24. The van der Waals surface area contributed by atoms with Crippen LogP contribution < -0.4 is 10.6 Å². The normalized spacial score (nSPS) is 11.3. The molecule has 2 amide bonds. The molecule has 0 aliphatic carbocycles. The number of carbonyl (C=O) groups excluding carboxylic acids is 2. The van der Waals surface area contributed by atoms with Crippen molar-refractivity contribution in [1.29, 1.82) is 0 Å². The number of unbranched alkanes of at least 4 members (excludes halogenated alkanes) is 11. The molecule has 4 nitrogen and oxygen atoms in total. The summed E-state index contributed by atoms with van der Waals surface area (Å²) in [5, 5.41) is 5.57. The monoisotopic (exact) mass is 340 g/mol. The molecule has 0 unspecified atom stereocenters. The van der Waals surface area contributed by atoms with E-state index in [1.807, 2.05) is 0 Å². The van der Waals surface area contributed by atoms with Crippen molar-refractivity contribution in [3.8, 4) is 0 Å². The number of nitrogens with one attached hydrogen (secondary N) is 2. The van der Waals surface area contributed by atoms with E-state index in [2.05, 4.69) is 17.6 Å². The van der Waals surface area contributed by atoms with Gasteiger partial charge in [0.2, 0.25) is 11.8 Å². The fourth-order valence-electron chi connectivity index (χ4n) is 2.89. The molecule has 0 fully saturated rings. The lowest BCUT2D eigenvalue weighted by atomic mass is 10.0. The average Bonchev–Trinajstić information content (AvgIpc) is 2.50. The van der Waals surface area contributed by atoms with Crippen molar-refractivity contribution in [1.82, 2.24) is 10.6 Å². The zero-order valence-electron chi connectivity index (χ0n) is 16.5. The Hall–Kier alpha value is -1.06. The highest BCUT2D eigenvalue weighted by Crippen LogP contribution is 2.11. The Labute approximate surface area is 149 Å². The zero-order chi connectivity index (χ0) is 18.3. The van der Waals surface area contributed by atoms with Gasteiger partial charge in [-0.25, -0.2) is 0 Å². The molecule has 0 heterocycles. The Morgan fingerprint density at radius 1 is 0.750 bits per heavy atom. The smallest absolute Gasteiger partial charge is 0.245 e. The Morgan fingerprint density at radius 3 is 1.58 bits per heavy atom. The lowest BCUT2D eigenvalue weighted by molar-refractivity contribution is -0.131. The highest BCUT2D eigenvalue weighted by Gasteiger charge is 2.27. The number of amides is 2. The second kappa shape index (κ2) is 14.3. The van der Waals surface area contributed by atoms with Gasteiger partial charge < -0.3 is 10.6 Å². The molecule has 0 aromatic carbocycles. The molecular formula is C20H40N2O2. The Morgan fingerprint density at radius 2 is 1.17 bits per heavy atom. The van der Waals surface area contributed by atoms with Gasteiger partial charge in [0.25, 0.3) is 0 Å². The van der Waals surface area contributed by atoms with Crippen LogP contribution in [0.2, 0.25) is 0 Å². The maximum absolute atomic E-state index is 12.0. The second-order valence-corrected chi connectivity index (χ2v) is 7.45. The minimum absolute atomic E-state index is 0.110. The van der Waals surface area contributed by atoms with E-state index in [0.29, 0.717) is 6.54 Å². The van der Waals surface area contributed by atoms with Crippen LogP contribution in [0.25, 0.3) is 0 Å². The van der Waals surface area contributed by atoms with Crippen LogP contribution in [-0.2, 0) is 9.59 Å². The molecular weight excluding hydrogens is 300 g/mol. The molecule has 0 saturated carbocycles. The summed E-state index contributed by atoms with van der Waals surface area (Å²) in [7, 11) is 0. The van der Waals surface area contributed by atoms with E-state index in [0.717, 1.165) is 12.8 Å². The zero-order valence-corrected chi connectivity index (χ0v) is 16.5. The van der Waals surface area contributed by atoms with Crippen molar-refractivity contribution in [3.05, 3.63) is 0 Å². The Balaban J connectivity index is 3.39. The highest BCUT2D eigenvalue weighted by molar-refractivity contribution is 5.89. The molecule has 142 valence electrons. The van der Waals surface area contributed by atoms with Gasteiger partial charge in [-0.3, -0.25) is 9.59 Å². The molecule has 0 saturated heterocycles. The predicted molar refractivity (Wildman–Crippen MR) is 102 cm³/mol. The van der Waals surface area contributed by atoms with Crippen LogP contribution in [0.15, 0.2) is 0 Å². The van der Waals surface area contributed by atoms with Gasteiger partial charge >= 0.3 is 0 Å². The first kappa shape index (κ1) is 22.9.